The molecule has 1 unspecified atom stereocenters. The lowest BCUT2D eigenvalue weighted by atomic mass is 9.57. The normalized spacial score (nSPS) is 33.2. The molecule has 2 aliphatic rings. The highest BCUT2D eigenvalue weighted by atomic mass is 16.5. The van der Waals surface area contributed by atoms with E-state index in [1.165, 1.54) is 19.3 Å². The summed E-state index contributed by atoms with van der Waals surface area (Å²) in [6.07, 6.45) is 7.28. The smallest absolute Gasteiger partial charge is 0.0738 e. The molecule has 2 saturated carbocycles. The molecule has 1 atom stereocenters. The zero-order valence-electron chi connectivity index (χ0n) is 8.83. The molecule has 2 rings (SSSR count). The van der Waals surface area contributed by atoms with Gasteiger partial charge in [0.25, 0.3) is 0 Å². The summed E-state index contributed by atoms with van der Waals surface area (Å²) in [5, 5.41) is 12.4. The topological polar surface area (TPSA) is 41.8 Å². The standard InChI is InChI=1S/C11H19NO2/c1-2-14-10-8-9(12-13)11(10)6-4-3-5-7-11/h10,13H,2-8H2,1H3/b12-9+. The molecule has 1 N–H and O–H groups in total. The van der Waals surface area contributed by atoms with Crippen LogP contribution < -0.4 is 0 Å². The van der Waals surface area contributed by atoms with Crippen LogP contribution in [0.5, 0.6) is 0 Å². The van der Waals surface area contributed by atoms with Gasteiger partial charge in [0.1, 0.15) is 0 Å². The SMILES string of the molecule is CCOC1C/C(=N\O)C12CCCCC2. The Labute approximate surface area is 85.1 Å². The molecule has 0 aliphatic heterocycles. The van der Waals surface area contributed by atoms with Gasteiger partial charge in [0.05, 0.1) is 11.8 Å². The van der Waals surface area contributed by atoms with Gasteiger partial charge in [0.15, 0.2) is 0 Å². The molecule has 3 heteroatoms. The number of oxime groups is 1. The van der Waals surface area contributed by atoms with Crippen molar-refractivity contribution in [2.24, 2.45) is 10.6 Å². The number of hydrogen-bond donors (Lipinski definition) is 1. The minimum Gasteiger partial charge on any atom is -0.411 e. The Morgan fingerprint density at radius 2 is 2.14 bits per heavy atom. The number of hydrogen-bond acceptors (Lipinski definition) is 3. The summed E-state index contributed by atoms with van der Waals surface area (Å²) >= 11 is 0. The van der Waals surface area contributed by atoms with E-state index in [4.69, 9.17) is 9.94 Å². The second-order valence-corrected chi connectivity index (χ2v) is 4.41. The van der Waals surface area contributed by atoms with Gasteiger partial charge in [-0.25, -0.2) is 0 Å². The molecule has 0 aromatic heterocycles. The Morgan fingerprint density at radius 3 is 2.71 bits per heavy atom. The minimum absolute atomic E-state index is 0.114. The highest BCUT2D eigenvalue weighted by Crippen LogP contribution is 2.51. The summed E-state index contributed by atoms with van der Waals surface area (Å²) in [6, 6.07) is 0. The maximum atomic E-state index is 8.92. The van der Waals surface area contributed by atoms with Crippen molar-refractivity contribution in [2.45, 2.75) is 51.6 Å². The van der Waals surface area contributed by atoms with E-state index in [9.17, 15) is 0 Å². The second-order valence-electron chi connectivity index (χ2n) is 4.41. The van der Waals surface area contributed by atoms with Crippen LogP contribution in [0.25, 0.3) is 0 Å². The highest BCUT2D eigenvalue weighted by Gasteiger charge is 2.53. The predicted octanol–water partition coefficient (Wildman–Crippen LogP) is 2.58. The fourth-order valence-electron chi connectivity index (χ4n) is 2.98. The fraction of sp³-hybridized carbons (Fsp3) is 0.909. The summed E-state index contributed by atoms with van der Waals surface area (Å²) in [4.78, 5) is 0. The molecule has 0 heterocycles. The Morgan fingerprint density at radius 1 is 1.43 bits per heavy atom. The summed E-state index contributed by atoms with van der Waals surface area (Å²) < 4.78 is 5.71. The number of ether oxygens (including phenoxy) is 1. The van der Waals surface area contributed by atoms with E-state index in [-0.39, 0.29) is 5.41 Å². The van der Waals surface area contributed by atoms with Crippen molar-refractivity contribution in [1.29, 1.82) is 0 Å². The molecule has 80 valence electrons. The van der Waals surface area contributed by atoms with Gasteiger partial charge in [-0.1, -0.05) is 24.4 Å². The average Bonchev–Trinajstić information content (AvgIpc) is 2.25. The first-order valence-electron chi connectivity index (χ1n) is 5.66. The van der Waals surface area contributed by atoms with Crippen molar-refractivity contribution in [2.75, 3.05) is 6.61 Å². The van der Waals surface area contributed by atoms with Crippen LogP contribution in [0.2, 0.25) is 0 Å². The van der Waals surface area contributed by atoms with Crippen LogP contribution >= 0.6 is 0 Å². The molecule has 0 bridgehead atoms. The number of rotatable bonds is 2. The second kappa shape index (κ2) is 3.89. The largest absolute Gasteiger partial charge is 0.411 e. The third kappa shape index (κ3) is 1.34. The molecule has 0 aromatic carbocycles. The van der Waals surface area contributed by atoms with Crippen LogP contribution in [0.1, 0.15) is 45.4 Å². The highest BCUT2D eigenvalue weighted by molar-refractivity contribution is 5.96. The van der Waals surface area contributed by atoms with E-state index in [0.29, 0.717) is 6.10 Å². The van der Waals surface area contributed by atoms with E-state index < -0.39 is 0 Å². The van der Waals surface area contributed by atoms with Gasteiger partial charge in [-0.3, -0.25) is 0 Å². The molecular formula is C11H19NO2. The predicted molar refractivity (Wildman–Crippen MR) is 54.8 cm³/mol. The van der Waals surface area contributed by atoms with E-state index in [1.54, 1.807) is 0 Å². The maximum absolute atomic E-state index is 8.92. The number of nitrogens with zero attached hydrogens (tertiary/aromatic N) is 1. The van der Waals surface area contributed by atoms with Crippen molar-refractivity contribution < 1.29 is 9.94 Å². The van der Waals surface area contributed by atoms with Crippen LogP contribution in [0.15, 0.2) is 5.16 Å². The van der Waals surface area contributed by atoms with Gasteiger partial charge in [-0.05, 0) is 19.8 Å². The minimum atomic E-state index is 0.114. The Kier molecular flexibility index (Phi) is 2.77. The molecule has 0 amide bonds. The van der Waals surface area contributed by atoms with Crippen LogP contribution in [0, 0.1) is 5.41 Å². The maximum Gasteiger partial charge on any atom is 0.0738 e. The van der Waals surface area contributed by atoms with E-state index in [2.05, 4.69) is 5.16 Å². The van der Waals surface area contributed by atoms with Gasteiger partial charge < -0.3 is 9.94 Å². The third-order valence-corrected chi connectivity index (χ3v) is 3.80. The Hall–Kier alpha value is -0.570. The lowest BCUT2D eigenvalue weighted by molar-refractivity contribution is -0.0473. The van der Waals surface area contributed by atoms with E-state index >= 15 is 0 Å². The van der Waals surface area contributed by atoms with Gasteiger partial charge in [0.2, 0.25) is 0 Å². The van der Waals surface area contributed by atoms with Crippen molar-refractivity contribution in [1.82, 2.24) is 0 Å². The molecule has 3 nitrogen and oxygen atoms in total. The fourth-order valence-corrected chi connectivity index (χ4v) is 2.98. The summed E-state index contributed by atoms with van der Waals surface area (Å²) in [5.74, 6) is 0. The molecule has 2 fully saturated rings. The van der Waals surface area contributed by atoms with Gasteiger partial charge in [0, 0.05) is 18.4 Å². The van der Waals surface area contributed by atoms with Crippen LogP contribution in [0.3, 0.4) is 0 Å². The quantitative estimate of drug-likeness (QED) is 0.546. The zero-order chi connectivity index (χ0) is 10.0. The first-order valence-corrected chi connectivity index (χ1v) is 5.66. The molecule has 0 radical (unpaired) electrons. The Bertz CT molecular complexity index is 231. The molecule has 0 saturated heterocycles. The lowest BCUT2D eigenvalue weighted by Crippen LogP contribution is -2.56. The monoisotopic (exact) mass is 197 g/mol. The summed E-state index contributed by atoms with van der Waals surface area (Å²) in [6.45, 7) is 2.80. The van der Waals surface area contributed by atoms with Crippen LogP contribution in [0.4, 0.5) is 0 Å². The summed E-state index contributed by atoms with van der Waals surface area (Å²) in [7, 11) is 0. The molecule has 0 aromatic rings. The summed E-state index contributed by atoms with van der Waals surface area (Å²) in [5.41, 5.74) is 1.10. The molecule has 14 heavy (non-hydrogen) atoms. The van der Waals surface area contributed by atoms with Gasteiger partial charge in [-0.2, -0.15) is 0 Å². The first-order chi connectivity index (χ1) is 6.83. The van der Waals surface area contributed by atoms with Gasteiger partial charge >= 0.3 is 0 Å². The van der Waals surface area contributed by atoms with E-state index in [1.807, 2.05) is 6.92 Å². The first kappa shape index (κ1) is 9.97. The van der Waals surface area contributed by atoms with Crippen molar-refractivity contribution in [3.05, 3.63) is 0 Å². The molecule has 1 spiro atoms. The van der Waals surface area contributed by atoms with Crippen LogP contribution in [-0.4, -0.2) is 23.6 Å². The van der Waals surface area contributed by atoms with Crippen molar-refractivity contribution >= 4 is 5.71 Å². The van der Waals surface area contributed by atoms with Crippen LogP contribution in [-0.2, 0) is 4.74 Å². The average molecular weight is 197 g/mol. The lowest BCUT2D eigenvalue weighted by Gasteiger charge is -2.51. The van der Waals surface area contributed by atoms with Gasteiger partial charge in [-0.15, -0.1) is 0 Å². The van der Waals surface area contributed by atoms with Crippen molar-refractivity contribution in [3.8, 4) is 0 Å². The zero-order valence-corrected chi connectivity index (χ0v) is 8.83. The molecule has 2 aliphatic carbocycles. The molecular weight excluding hydrogens is 178 g/mol. The third-order valence-electron chi connectivity index (χ3n) is 3.80. The van der Waals surface area contributed by atoms with E-state index in [0.717, 1.165) is 31.6 Å². The van der Waals surface area contributed by atoms with Crippen molar-refractivity contribution in [3.63, 3.8) is 0 Å². The Balaban J connectivity index is 2.09.